The molecule has 1 N–H and O–H groups in total. The topological polar surface area (TPSA) is 72.8 Å². The number of rotatable bonds is 7. The van der Waals surface area contributed by atoms with Gasteiger partial charge in [-0.2, -0.15) is 5.10 Å². The number of halogens is 1. The number of pyridine rings is 1. The molecule has 0 spiro atoms. The lowest BCUT2D eigenvalue weighted by molar-refractivity contribution is -0.123. The van der Waals surface area contributed by atoms with Crippen LogP contribution in [-0.2, 0) is 4.79 Å². The molecule has 1 amide bonds. The largest absolute Gasteiger partial charge is 0.493 e. The average Bonchev–Trinajstić information content (AvgIpc) is 2.68. The number of benzene rings is 2. The van der Waals surface area contributed by atoms with Crippen LogP contribution in [0.5, 0.6) is 11.5 Å². The number of nitrogens with one attached hydrogen (secondary N) is 1. The summed E-state index contributed by atoms with van der Waals surface area (Å²) in [7, 11) is 0. The molecule has 7 heteroatoms. The fraction of sp³-hybridized carbons (Fsp3) is 0.150. The van der Waals surface area contributed by atoms with Crippen molar-refractivity contribution in [1.29, 1.82) is 0 Å². The summed E-state index contributed by atoms with van der Waals surface area (Å²) in [5.74, 6) is 0.877. The molecule has 0 aliphatic rings. The lowest BCUT2D eigenvalue weighted by atomic mass is 10.2. The Bertz CT molecular complexity index is 970. The van der Waals surface area contributed by atoms with Gasteiger partial charge in [-0.15, -0.1) is 0 Å². The number of carbonyl (C=O) groups is 1. The maximum Gasteiger partial charge on any atom is 0.277 e. The molecule has 0 saturated carbocycles. The minimum atomic E-state index is -0.368. The fourth-order valence-corrected chi connectivity index (χ4v) is 2.83. The van der Waals surface area contributed by atoms with E-state index in [0.717, 1.165) is 15.4 Å². The smallest absolute Gasteiger partial charge is 0.277 e. The molecule has 0 atom stereocenters. The molecular formula is C20H18BrN3O3. The Morgan fingerprint density at radius 2 is 2.04 bits per heavy atom. The van der Waals surface area contributed by atoms with Gasteiger partial charge in [-0.25, -0.2) is 5.43 Å². The van der Waals surface area contributed by atoms with Gasteiger partial charge in [-0.05, 0) is 37.3 Å². The fourth-order valence-electron chi connectivity index (χ4n) is 2.45. The number of carbonyl (C=O) groups excluding carboxylic acids is 1. The van der Waals surface area contributed by atoms with Crippen molar-refractivity contribution in [1.82, 2.24) is 10.4 Å². The predicted octanol–water partition coefficient (Wildman–Crippen LogP) is 3.93. The highest BCUT2D eigenvalue weighted by atomic mass is 79.9. The predicted molar refractivity (Wildman–Crippen MR) is 108 cm³/mol. The number of hydrazone groups is 1. The van der Waals surface area contributed by atoms with Gasteiger partial charge in [0.1, 0.15) is 17.0 Å². The maximum absolute atomic E-state index is 12.0. The van der Waals surface area contributed by atoms with Crippen LogP contribution in [0.1, 0.15) is 12.5 Å². The Labute approximate surface area is 165 Å². The van der Waals surface area contributed by atoms with Crippen LogP contribution in [0.4, 0.5) is 0 Å². The van der Waals surface area contributed by atoms with Crippen molar-refractivity contribution < 1.29 is 14.3 Å². The SMILES string of the molecule is CCOc1ccc(Br)cc1/C=N\NC(=O)COc1cccc2cccnc12. The van der Waals surface area contributed by atoms with Crippen molar-refractivity contribution in [2.75, 3.05) is 13.2 Å². The molecular weight excluding hydrogens is 410 g/mol. The molecule has 6 nitrogen and oxygen atoms in total. The quantitative estimate of drug-likeness (QED) is 0.457. The van der Waals surface area contributed by atoms with Crippen molar-refractivity contribution in [3.05, 3.63) is 64.8 Å². The number of ether oxygens (including phenoxy) is 2. The van der Waals surface area contributed by atoms with Gasteiger partial charge in [0.25, 0.3) is 5.91 Å². The lowest BCUT2D eigenvalue weighted by Gasteiger charge is -2.08. The molecule has 2 aromatic carbocycles. The summed E-state index contributed by atoms with van der Waals surface area (Å²) < 4.78 is 12.0. The molecule has 1 heterocycles. The average molecular weight is 428 g/mol. The zero-order valence-electron chi connectivity index (χ0n) is 14.7. The number of para-hydroxylation sites is 1. The molecule has 0 saturated heterocycles. The van der Waals surface area contributed by atoms with E-state index in [1.54, 1.807) is 12.3 Å². The normalized spacial score (nSPS) is 10.9. The van der Waals surface area contributed by atoms with Gasteiger partial charge in [0.15, 0.2) is 6.61 Å². The van der Waals surface area contributed by atoms with Crippen molar-refractivity contribution in [2.24, 2.45) is 5.10 Å². The Kier molecular flexibility index (Phi) is 6.38. The summed E-state index contributed by atoms with van der Waals surface area (Å²) in [6, 6.07) is 15.0. The minimum absolute atomic E-state index is 0.163. The van der Waals surface area contributed by atoms with E-state index < -0.39 is 0 Å². The molecule has 0 bridgehead atoms. The second-order valence-corrected chi connectivity index (χ2v) is 6.44. The monoisotopic (exact) mass is 427 g/mol. The molecule has 0 radical (unpaired) electrons. The second kappa shape index (κ2) is 9.14. The van der Waals surface area contributed by atoms with Crippen LogP contribution in [0.25, 0.3) is 10.9 Å². The number of fused-ring (bicyclic) bond motifs is 1. The summed E-state index contributed by atoms with van der Waals surface area (Å²) in [6.07, 6.45) is 3.22. The highest BCUT2D eigenvalue weighted by molar-refractivity contribution is 9.10. The van der Waals surface area contributed by atoms with Gasteiger partial charge >= 0.3 is 0 Å². The van der Waals surface area contributed by atoms with Crippen LogP contribution in [-0.4, -0.2) is 30.3 Å². The van der Waals surface area contributed by atoms with Gasteiger partial charge in [-0.1, -0.05) is 34.1 Å². The zero-order chi connectivity index (χ0) is 19.1. The third-order valence-electron chi connectivity index (χ3n) is 3.62. The summed E-state index contributed by atoms with van der Waals surface area (Å²) >= 11 is 3.41. The number of aromatic nitrogens is 1. The molecule has 138 valence electrons. The van der Waals surface area contributed by atoms with E-state index >= 15 is 0 Å². The van der Waals surface area contributed by atoms with E-state index in [1.165, 1.54) is 6.21 Å². The van der Waals surface area contributed by atoms with Gasteiger partial charge in [0.2, 0.25) is 0 Å². The molecule has 0 unspecified atom stereocenters. The third-order valence-corrected chi connectivity index (χ3v) is 4.11. The van der Waals surface area contributed by atoms with Crippen LogP contribution in [0, 0.1) is 0 Å². The van der Waals surface area contributed by atoms with E-state index in [9.17, 15) is 4.79 Å². The zero-order valence-corrected chi connectivity index (χ0v) is 16.3. The first-order chi connectivity index (χ1) is 13.2. The number of amides is 1. The number of nitrogens with zero attached hydrogens (tertiary/aromatic N) is 2. The number of hydrogen-bond acceptors (Lipinski definition) is 5. The van der Waals surface area contributed by atoms with E-state index in [2.05, 4.69) is 31.4 Å². The Balaban J connectivity index is 1.60. The molecule has 3 aromatic rings. The van der Waals surface area contributed by atoms with E-state index in [1.807, 2.05) is 49.4 Å². The van der Waals surface area contributed by atoms with Crippen LogP contribution in [0.3, 0.4) is 0 Å². The Morgan fingerprint density at radius 3 is 2.89 bits per heavy atom. The van der Waals surface area contributed by atoms with Gasteiger partial charge in [-0.3, -0.25) is 9.78 Å². The van der Waals surface area contributed by atoms with Crippen molar-refractivity contribution in [3.63, 3.8) is 0 Å². The van der Waals surface area contributed by atoms with Gasteiger partial charge in [0, 0.05) is 21.6 Å². The minimum Gasteiger partial charge on any atom is -0.493 e. The molecule has 1 aromatic heterocycles. The molecule has 0 aliphatic carbocycles. The Hall–Kier alpha value is -2.93. The molecule has 3 rings (SSSR count). The standard InChI is InChI=1S/C20H18BrN3O3/c1-2-26-17-9-8-16(21)11-15(17)12-23-24-19(25)13-27-18-7-3-5-14-6-4-10-22-20(14)18/h3-12H,2,13H2,1H3,(H,24,25)/b23-12-. The third kappa shape index (κ3) is 5.04. The lowest BCUT2D eigenvalue weighted by Crippen LogP contribution is -2.24. The summed E-state index contributed by atoms with van der Waals surface area (Å²) in [4.78, 5) is 16.3. The molecule has 0 aliphatic heterocycles. The van der Waals surface area contributed by atoms with Crippen LogP contribution >= 0.6 is 15.9 Å². The van der Waals surface area contributed by atoms with Crippen LogP contribution < -0.4 is 14.9 Å². The molecule has 0 fully saturated rings. The van der Waals surface area contributed by atoms with Gasteiger partial charge in [0.05, 0.1) is 12.8 Å². The first-order valence-electron chi connectivity index (χ1n) is 8.38. The first kappa shape index (κ1) is 18.8. The highest BCUT2D eigenvalue weighted by Crippen LogP contribution is 2.23. The van der Waals surface area contributed by atoms with Crippen LogP contribution in [0.15, 0.2) is 64.3 Å². The Morgan fingerprint density at radius 1 is 1.19 bits per heavy atom. The van der Waals surface area contributed by atoms with E-state index in [4.69, 9.17) is 9.47 Å². The summed E-state index contributed by atoms with van der Waals surface area (Å²) in [6.45, 7) is 2.29. The van der Waals surface area contributed by atoms with Crippen molar-refractivity contribution in [2.45, 2.75) is 6.92 Å². The second-order valence-electron chi connectivity index (χ2n) is 5.53. The van der Waals surface area contributed by atoms with E-state index in [-0.39, 0.29) is 12.5 Å². The van der Waals surface area contributed by atoms with Crippen molar-refractivity contribution >= 4 is 39.0 Å². The van der Waals surface area contributed by atoms with E-state index in [0.29, 0.717) is 23.6 Å². The summed E-state index contributed by atoms with van der Waals surface area (Å²) in [5, 5.41) is 4.93. The first-order valence-corrected chi connectivity index (χ1v) is 9.17. The van der Waals surface area contributed by atoms with Crippen LogP contribution in [0.2, 0.25) is 0 Å². The highest BCUT2D eigenvalue weighted by Gasteiger charge is 2.06. The molecule has 27 heavy (non-hydrogen) atoms. The maximum atomic E-state index is 12.0. The van der Waals surface area contributed by atoms with Gasteiger partial charge < -0.3 is 9.47 Å². The summed E-state index contributed by atoms with van der Waals surface area (Å²) in [5.41, 5.74) is 3.92. The number of hydrogen-bond donors (Lipinski definition) is 1. The van der Waals surface area contributed by atoms with Crippen molar-refractivity contribution in [3.8, 4) is 11.5 Å².